The molecular weight excluding hydrogens is 352 g/mol. The van der Waals surface area contributed by atoms with E-state index in [2.05, 4.69) is 39.3 Å². The lowest BCUT2D eigenvalue weighted by atomic mass is 9.93. The summed E-state index contributed by atoms with van der Waals surface area (Å²) in [6, 6.07) is 13.7. The van der Waals surface area contributed by atoms with Gasteiger partial charge >= 0.3 is 0 Å². The quantitative estimate of drug-likeness (QED) is 0.884. The summed E-state index contributed by atoms with van der Waals surface area (Å²) in [5, 5.41) is 24.4. The molecule has 2 unspecified atom stereocenters. The minimum Gasteiger partial charge on any atom is -0.383 e. The van der Waals surface area contributed by atoms with Gasteiger partial charge in [-0.2, -0.15) is 5.26 Å². The van der Waals surface area contributed by atoms with Crippen molar-refractivity contribution < 1.29 is 9.84 Å². The molecule has 0 amide bonds. The van der Waals surface area contributed by atoms with E-state index in [-0.39, 0.29) is 12.1 Å². The fourth-order valence-electron chi connectivity index (χ4n) is 3.88. The van der Waals surface area contributed by atoms with E-state index in [9.17, 15) is 10.4 Å². The molecule has 6 heteroatoms. The van der Waals surface area contributed by atoms with Gasteiger partial charge < -0.3 is 9.84 Å². The third-order valence-corrected chi connectivity index (χ3v) is 5.50. The highest BCUT2D eigenvalue weighted by molar-refractivity contribution is 5.55. The van der Waals surface area contributed by atoms with Crippen molar-refractivity contribution in [1.82, 2.24) is 9.99 Å². The van der Waals surface area contributed by atoms with Gasteiger partial charge in [0.1, 0.15) is 5.60 Å². The van der Waals surface area contributed by atoms with E-state index in [1.165, 1.54) is 0 Å². The number of rotatable bonds is 4. The highest BCUT2D eigenvalue weighted by Crippen LogP contribution is 2.39. The fourth-order valence-corrected chi connectivity index (χ4v) is 3.88. The molecule has 144 valence electrons. The number of pyridine rings is 1. The Morgan fingerprint density at radius 3 is 2.57 bits per heavy atom. The number of hydrazine groups is 1. The Hall–Kier alpha value is -2.88. The molecule has 0 saturated carbocycles. The van der Waals surface area contributed by atoms with Gasteiger partial charge in [0.2, 0.25) is 0 Å². The van der Waals surface area contributed by atoms with E-state index in [4.69, 9.17) is 4.74 Å². The monoisotopic (exact) mass is 376 g/mol. The van der Waals surface area contributed by atoms with Crippen LogP contribution in [0.1, 0.15) is 35.5 Å². The zero-order valence-electron chi connectivity index (χ0n) is 16.3. The lowest BCUT2D eigenvalue weighted by molar-refractivity contribution is -0.205. The maximum absolute atomic E-state index is 10.9. The maximum Gasteiger partial charge on any atom is 0.133 e. The average molecular weight is 376 g/mol. The van der Waals surface area contributed by atoms with Gasteiger partial charge in [-0.1, -0.05) is 6.07 Å². The molecule has 0 aliphatic carbocycles. The largest absolute Gasteiger partial charge is 0.383 e. The van der Waals surface area contributed by atoms with Crippen LogP contribution in [0.4, 0.5) is 5.69 Å². The number of benzene rings is 1. The van der Waals surface area contributed by atoms with Gasteiger partial charge in [-0.15, -0.1) is 0 Å². The summed E-state index contributed by atoms with van der Waals surface area (Å²) in [5.41, 5.74) is 3.66. The standard InChI is InChI=1S/C22H24N4O2/c1-15-9-19(10-16(2)24-15)21-7-8-25(17(3)22(27)13-28-14-22)26(21)20-6-4-5-18(11-20)12-23/h4-11,17,21,27H,13-14H2,1-3H3. The topological polar surface area (TPSA) is 72.6 Å². The molecule has 1 N–H and O–H groups in total. The van der Waals surface area contributed by atoms with Crippen molar-refractivity contribution in [2.45, 2.75) is 38.5 Å². The van der Waals surface area contributed by atoms with Crippen LogP contribution in [0.3, 0.4) is 0 Å². The van der Waals surface area contributed by atoms with Crippen LogP contribution in [0.25, 0.3) is 0 Å². The molecule has 1 saturated heterocycles. The molecule has 0 bridgehead atoms. The van der Waals surface area contributed by atoms with Crippen molar-refractivity contribution in [2.75, 3.05) is 18.2 Å². The number of aryl methyl sites for hydroxylation is 2. The summed E-state index contributed by atoms with van der Waals surface area (Å²) in [5.74, 6) is 0. The van der Waals surface area contributed by atoms with Gasteiger partial charge in [-0.25, -0.2) is 0 Å². The van der Waals surface area contributed by atoms with Gasteiger partial charge in [0.15, 0.2) is 0 Å². The van der Waals surface area contributed by atoms with Crippen molar-refractivity contribution in [1.29, 1.82) is 5.26 Å². The summed E-state index contributed by atoms with van der Waals surface area (Å²) < 4.78 is 5.27. The van der Waals surface area contributed by atoms with Crippen molar-refractivity contribution >= 4 is 5.69 Å². The first-order valence-electron chi connectivity index (χ1n) is 9.42. The van der Waals surface area contributed by atoms with Crippen LogP contribution in [-0.2, 0) is 4.74 Å². The van der Waals surface area contributed by atoms with Crippen molar-refractivity contribution in [3.8, 4) is 6.07 Å². The number of hydrogen-bond donors (Lipinski definition) is 1. The zero-order valence-corrected chi connectivity index (χ0v) is 16.3. The van der Waals surface area contributed by atoms with E-state index >= 15 is 0 Å². The predicted molar refractivity (Wildman–Crippen MR) is 106 cm³/mol. The average Bonchev–Trinajstić information content (AvgIpc) is 3.09. The number of nitrogens with zero attached hydrogens (tertiary/aromatic N) is 4. The summed E-state index contributed by atoms with van der Waals surface area (Å²) in [6.45, 7) is 6.63. The van der Waals surface area contributed by atoms with Gasteiger partial charge in [0.25, 0.3) is 0 Å². The minimum atomic E-state index is -0.894. The first kappa shape index (κ1) is 18.5. The van der Waals surface area contributed by atoms with Crippen molar-refractivity contribution in [3.63, 3.8) is 0 Å². The van der Waals surface area contributed by atoms with Crippen LogP contribution in [0.2, 0.25) is 0 Å². The Morgan fingerprint density at radius 2 is 1.96 bits per heavy atom. The number of aromatic nitrogens is 1. The highest BCUT2D eigenvalue weighted by Gasteiger charge is 2.47. The normalized spacial score (nSPS) is 21.3. The van der Waals surface area contributed by atoms with E-state index in [0.717, 1.165) is 22.6 Å². The second-order valence-corrected chi connectivity index (χ2v) is 7.63. The van der Waals surface area contributed by atoms with E-state index in [0.29, 0.717) is 18.8 Å². The number of aliphatic hydroxyl groups is 1. The molecular formula is C22H24N4O2. The second kappa shape index (κ2) is 6.93. The van der Waals surface area contributed by atoms with Crippen LogP contribution < -0.4 is 5.01 Å². The Balaban J connectivity index is 1.77. The van der Waals surface area contributed by atoms with E-state index in [1.54, 1.807) is 6.07 Å². The molecule has 0 spiro atoms. The molecule has 3 heterocycles. The first-order valence-corrected chi connectivity index (χ1v) is 9.42. The third-order valence-electron chi connectivity index (χ3n) is 5.50. The predicted octanol–water partition coefficient (Wildman–Crippen LogP) is 3.01. The molecule has 2 atom stereocenters. The minimum absolute atomic E-state index is 0.0543. The van der Waals surface area contributed by atoms with Crippen molar-refractivity contribution in [3.05, 3.63) is 71.2 Å². The fraction of sp³-hybridized carbons (Fsp3) is 0.364. The Labute approximate surface area is 165 Å². The Kier molecular flexibility index (Phi) is 4.58. The van der Waals surface area contributed by atoms with Gasteiger partial charge in [-0.3, -0.25) is 15.0 Å². The number of ether oxygens (including phenoxy) is 1. The maximum atomic E-state index is 10.9. The molecule has 2 aromatic rings. The summed E-state index contributed by atoms with van der Waals surface area (Å²) in [7, 11) is 0. The summed E-state index contributed by atoms with van der Waals surface area (Å²) in [4.78, 5) is 4.49. The van der Waals surface area contributed by atoms with E-state index < -0.39 is 5.60 Å². The second-order valence-electron chi connectivity index (χ2n) is 7.63. The van der Waals surface area contributed by atoms with Crippen molar-refractivity contribution in [2.24, 2.45) is 0 Å². The van der Waals surface area contributed by atoms with Gasteiger partial charge in [-0.05, 0) is 62.7 Å². The van der Waals surface area contributed by atoms with E-state index in [1.807, 2.05) is 45.2 Å². The summed E-state index contributed by atoms with van der Waals surface area (Å²) >= 11 is 0. The lowest BCUT2D eigenvalue weighted by Crippen LogP contribution is -2.63. The smallest absolute Gasteiger partial charge is 0.133 e. The molecule has 0 radical (unpaired) electrons. The molecule has 2 aliphatic rings. The van der Waals surface area contributed by atoms with Crippen LogP contribution in [0.5, 0.6) is 0 Å². The van der Waals surface area contributed by atoms with Gasteiger partial charge in [0, 0.05) is 17.6 Å². The molecule has 6 nitrogen and oxygen atoms in total. The van der Waals surface area contributed by atoms with Gasteiger partial charge in [0.05, 0.1) is 42.6 Å². The molecule has 4 rings (SSSR count). The third kappa shape index (κ3) is 3.13. The Bertz CT molecular complexity index is 941. The zero-order chi connectivity index (χ0) is 19.9. The molecule has 1 aromatic carbocycles. The first-order chi connectivity index (χ1) is 13.4. The number of hydrogen-bond acceptors (Lipinski definition) is 6. The summed E-state index contributed by atoms with van der Waals surface area (Å²) in [6.07, 6.45) is 4.13. The highest BCUT2D eigenvalue weighted by atomic mass is 16.5. The van der Waals surface area contributed by atoms with Crippen LogP contribution in [0, 0.1) is 25.2 Å². The molecule has 1 fully saturated rings. The van der Waals surface area contributed by atoms with Crippen LogP contribution in [0.15, 0.2) is 48.7 Å². The lowest BCUT2D eigenvalue weighted by Gasteiger charge is -2.48. The molecule has 1 aromatic heterocycles. The SMILES string of the molecule is Cc1cc(C2C=CN(C(C)C3(O)COC3)N2c2cccc(C#N)c2)cc(C)n1. The molecule has 2 aliphatic heterocycles. The Morgan fingerprint density at radius 1 is 1.25 bits per heavy atom. The number of anilines is 1. The van der Waals surface area contributed by atoms with Crippen LogP contribution in [-0.4, -0.2) is 40.0 Å². The van der Waals surface area contributed by atoms with Crippen LogP contribution >= 0.6 is 0 Å². The number of nitriles is 1. The molecule has 28 heavy (non-hydrogen) atoms.